The summed E-state index contributed by atoms with van der Waals surface area (Å²) >= 11 is 0. The molecule has 1 heterocycles. The number of nitrogens with zero attached hydrogens (tertiary/aromatic N) is 1. The zero-order chi connectivity index (χ0) is 15.8. The van der Waals surface area contributed by atoms with Crippen LogP contribution in [0.25, 0.3) is 0 Å². The van der Waals surface area contributed by atoms with Crippen molar-refractivity contribution in [2.24, 2.45) is 0 Å². The number of pyridine rings is 1. The van der Waals surface area contributed by atoms with Crippen molar-refractivity contribution >= 4 is 11.7 Å². The Hall–Kier alpha value is -2.76. The van der Waals surface area contributed by atoms with E-state index in [9.17, 15) is 4.79 Å². The van der Waals surface area contributed by atoms with Crippen LogP contribution in [-0.2, 0) is 6.54 Å². The van der Waals surface area contributed by atoms with Crippen LogP contribution in [0, 0.1) is 0 Å². The monoisotopic (exact) mass is 301 g/mol. The average molecular weight is 301 g/mol. The molecule has 0 aliphatic carbocycles. The lowest BCUT2D eigenvalue weighted by atomic mass is 10.2. The van der Waals surface area contributed by atoms with Crippen LogP contribution in [-0.4, -0.2) is 24.7 Å². The molecule has 0 aliphatic heterocycles. The van der Waals surface area contributed by atoms with E-state index < -0.39 is 0 Å². The van der Waals surface area contributed by atoms with Crippen molar-refractivity contribution in [2.45, 2.75) is 13.5 Å². The first-order valence-corrected chi connectivity index (χ1v) is 6.98. The Morgan fingerprint density at radius 2 is 2.14 bits per heavy atom. The van der Waals surface area contributed by atoms with Gasteiger partial charge < -0.3 is 20.1 Å². The van der Waals surface area contributed by atoms with Crippen LogP contribution in [0.4, 0.5) is 10.5 Å². The minimum atomic E-state index is -0.306. The molecule has 22 heavy (non-hydrogen) atoms. The van der Waals surface area contributed by atoms with Crippen LogP contribution in [0.3, 0.4) is 0 Å². The van der Waals surface area contributed by atoms with E-state index in [4.69, 9.17) is 9.47 Å². The maximum absolute atomic E-state index is 11.9. The standard InChI is InChI=1S/C16H19N3O3/c1-3-22-15-12(6-5-9-17-15)11-18-16(20)19-13-7-4-8-14(10-13)21-2/h4-10H,3,11H2,1-2H3,(H2,18,19,20). The summed E-state index contributed by atoms with van der Waals surface area (Å²) in [5, 5.41) is 5.52. The first kappa shape index (κ1) is 15.6. The molecule has 0 fully saturated rings. The van der Waals surface area contributed by atoms with Crippen molar-refractivity contribution < 1.29 is 14.3 Å². The van der Waals surface area contributed by atoms with Gasteiger partial charge in [0, 0.05) is 30.1 Å². The maximum Gasteiger partial charge on any atom is 0.319 e. The Bertz CT molecular complexity index is 632. The van der Waals surface area contributed by atoms with E-state index in [2.05, 4.69) is 15.6 Å². The van der Waals surface area contributed by atoms with Crippen LogP contribution in [0.1, 0.15) is 12.5 Å². The van der Waals surface area contributed by atoms with Crippen LogP contribution in [0.5, 0.6) is 11.6 Å². The van der Waals surface area contributed by atoms with E-state index in [-0.39, 0.29) is 6.03 Å². The Morgan fingerprint density at radius 1 is 1.27 bits per heavy atom. The summed E-state index contributed by atoms with van der Waals surface area (Å²) < 4.78 is 10.5. The summed E-state index contributed by atoms with van der Waals surface area (Å²) in [6.45, 7) is 2.75. The quantitative estimate of drug-likeness (QED) is 0.860. The molecule has 0 radical (unpaired) electrons. The lowest BCUT2D eigenvalue weighted by Gasteiger charge is -2.11. The molecule has 0 atom stereocenters. The number of anilines is 1. The van der Waals surface area contributed by atoms with Gasteiger partial charge in [0.1, 0.15) is 5.75 Å². The Kier molecular flexibility index (Phi) is 5.59. The molecule has 1 aromatic heterocycles. The molecule has 6 nitrogen and oxygen atoms in total. The molecule has 6 heteroatoms. The summed E-state index contributed by atoms with van der Waals surface area (Å²) in [5.41, 5.74) is 1.48. The lowest BCUT2D eigenvalue weighted by Crippen LogP contribution is -2.28. The van der Waals surface area contributed by atoms with Crippen LogP contribution in [0.15, 0.2) is 42.6 Å². The third-order valence-corrected chi connectivity index (χ3v) is 2.90. The van der Waals surface area contributed by atoms with Crippen molar-refractivity contribution in [3.05, 3.63) is 48.2 Å². The number of carbonyl (C=O) groups excluding carboxylic acids is 1. The molecular formula is C16H19N3O3. The lowest BCUT2D eigenvalue weighted by molar-refractivity contribution is 0.251. The number of hydrogen-bond acceptors (Lipinski definition) is 4. The van der Waals surface area contributed by atoms with Gasteiger partial charge >= 0.3 is 6.03 Å². The minimum absolute atomic E-state index is 0.306. The number of amides is 2. The first-order chi connectivity index (χ1) is 10.7. The van der Waals surface area contributed by atoms with Gasteiger partial charge in [0.25, 0.3) is 0 Å². The number of ether oxygens (including phenoxy) is 2. The number of carbonyl (C=O) groups is 1. The zero-order valence-electron chi connectivity index (χ0n) is 12.6. The molecule has 2 amide bonds. The molecule has 2 aromatic rings. The molecule has 0 aliphatic rings. The van der Waals surface area contributed by atoms with Crippen molar-refractivity contribution in [2.75, 3.05) is 19.0 Å². The second-order valence-electron chi connectivity index (χ2n) is 4.44. The van der Waals surface area contributed by atoms with E-state index in [1.807, 2.05) is 25.1 Å². The van der Waals surface area contributed by atoms with Gasteiger partial charge in [-0.15, -0.1) is 0 Å². The summed E-state index contributed by atoms with van der Waals surface area (Å²) in [7, 11) is 1.58. The Balaban J connectivity index is 1.92. The molecule has 0 saturated carbocycles. The summed E-state index contributed by atoms with van der Waals surface area (Å²) in [4.78, 5) is 16.1. The third-order valence-electron chi connectivity index (χ3n) is 2.90. The van der Waals surface area contributed by atoms with Gasteiger partial charge in [-0.1, -0.05) is 12.1 Å². The van der Waals surface area contributed by atoms with Gasteiger partial charge in [0.15, 0.2) is 0 Å². The van der Waals surface area contributed by atoms with Crippen molar-refractivity contribution in [3.63, 3.8) is 0 Å². The molecule has 2 rings (SSSR count). The molecular weight excluding hydrogens is 282 g/mol. The number of urea groups is 1. The number of rotatable bonds is 6. The predicted octanol–water partition coefficient (Wildman–Crippen LogP) is 2.81. The Morgan fingerprint density at radius 3 is 2.91 bits per heavy atom. The van der Waals surface area contributed by atoms with E-state index in [0.29, 0.717) is 30.5 Å². The largest absolute Gasteiger partial charge is 0.497 e. The Labute approximate surface area is 129 Å². The molecule has 2 N–H and O–H groups in total. The smallest absolute Gasteiger partial charge is 0.319 e. The highest BCUT2D eigenvalue weighted by Crippen LogP contribution is 2.17. The normalized spacial score (nSPS) is 9.91. The van der Waals surface area contributed by atoms with Crippen LogP contribution < -0.4 is 20.1 Å². The topological polar surface area (TPSA) is 72.5 Å². The highest BCUT2D eigenvalue weighted by atomic mass is 16.5. The van der Waals surface area contributed by atoms with Crippen molar-refractivity contribution in [1.29, 1.82) is 0 Å². The zero-order valence-corrected chi connectivity index (χ0v) is 12.6. The second kappa shape index (κ2) is 7.87. The van der Waals surface area contributed by atoms with Gasteiger partial charge in [0.2, 0.25) is 5.88 Å². The van der Waals surface area contributed by atoms with Gasteiger partial charge in [-0.05, 0) is 25.1 Å². The fraction of sp³-hybridized carbons (Fsp3) is 0.250. The third kappa shape index (κ3) is 4.37. The van der Waals surface area contributed by atoms with Crippen molar-refractivity contribution in [1.82, 2.24) is 10.3 Å². The van der Waals surface area contributed by atoms with E-state index in [1.165, 1.54) is 0 Å². The summed E-state index contributed by atoms with van der Waals surface area (Å²) in [6, 6.07) is 10.5. The number of aromatic nitrogens is 1. The van der Waals surface area contributed by atoms with E-state index in [0.717, 1.165) is 5.56 Å². The molecule has 116 valence electrons. The molecule has 0 saturated heterocycles. The molecule has 1 aromatic carbocycles. The highest BCUT2D eigenvalue weighted by Gasteiger charge is 2.07. The van der Waals surface area contributed by atoms with Gasteiger partial charge in [0.05, 0.1) is 13.7 Å². The van der Waals surface area contributed by atoms with Gasteiger partial charge in [-0.3, -0.25) is 0 Å². The predicted molar refractivity (Wildman–Crippen MR) is 84.3 cm³/mol. The summed E-state index contributed by atoms with van der Waals surface area (Å²) in [5.74, 6) is 1.22. The average Bonchev–Trinajstić information content (AvgIpc) is 2.54. The molecule has 0 unspecified atom stereocenters. The molecule has 0 spiro atoms. The van der Waals surface area contributed by atoms with Crippen LogP contribution in [0.2, 0.25) is 0 Å². The minimum Gasteiger partial charge on any atom is -0.497 e. The van der Waals surface area contributed by atoms with E-state index >= 15 is 0 Å². The maximum atomic E-state index is 11.9. The number of benzene rings is 1. The second-order valence-corrected chi connectivity index (χ2v) is 4.44. The summed E-state index contributed by atoms with van der Waals surface area (Å²) in [6.07, 6.45) is 1.66. The number of methoxy groups -OCH3 is 1. The van der Waals surface area contributed by atoms with Gasteiger partial charge in [-0.2, -0.15) is 0 Å². The van der Waals surface area contributed by atoms with Gasteiger partial charge in [-0.25, -0.2) is 9.78 Å². The van der Waals surface area contributed by atoms with E-state index in [1.54, 1.807) is 31.5 Å². The first-order valence-electron chi connectivity index (χ1n) is 6.98. The van der Waals surface area contributed by atoms with Crippen LogP contribution >= 0.6 is 0 Å². The SMILES string of the molecule is CCOc1ncccc1CNC(=O)Nc1cccc(OC)c1. The fourth-order valence-corrected chi connectivity index (χ4v) is 1.88. The molecule has 0 bridgehead atoms. The van der Waals surface area contributed by atoms with Crippen molar-refractivity contribution in [3.8, 4) is 11.6 Å². The highest BCUT2D eigenvalue weighted by molar-refractivity contribution is 5.89. The fourth-order valence-electron chi connectivity index (χ4n) is 1.88. The number of hydrogen-bond donors (Lipinski definition) is 2. The number of nitrogens with one attached hydrogen (secondary N) is 2.